The van der Waals surface area contributed by atoms with Crippen LogP contribution in [0.5, 0.6) is 0 Å². The minimum Gasteiger partial charge on any atom is -0.352 e. The summed E-state index contributed by atoms with van der Waals surface area (Å²) in [6, 6.07) is 23.3. The van der Waals surface area contributed by atoms with Crippen molar-refractivity contribution in [3.8, 4) is 0 Å². The third-order valence-corrected chi connectivity index (χ3v) is 5.86. The van der Waals surface area contributed by atoms with Gasteiger partial charge in [0.2, 0.25) is 5.91 Å². The van der Waals surface area contributed by atoms with Gasteiger partial charge in [-0.3, -0.25) is 9.69 Å². The number of amides is 1. The van der Waals surface area contributed by atoms with Crippen molar-refractivity contribution < 1.29 is 4.79 Å². The summed E-state index contributed by atoms with van der Waals surface area (Å²) in [5, 5.41) is 5.76. The molecule has 1 fully saturated rings. The lowest BCUT2D eigenvalue weighted by atomic mass is 9.95. The first-order chi connectivity index (χ1) is 13.7. The summed E-state index contributed by atoms with van der Waals surface area (Å²) in [6.07, 6.45) is 2.05. The molecule has 1 unspecified atom stereocenters. The molecular formula is C25H28N2O. The van der Waals surface area contributed by atoms with Gasteiger partial charge in [-0.2, -0.15) is 0 Å². The molecule has 0 radical (unpaired) electrons. The van der Waals surface area contributed by atoms with Gasteiger partial charge in [0.15, 0.2) is 0 Å². The van der Waals surface area contributed by atoms with E-state index >= 15 is 0 Å². The van der Waals surface area contributed by atoms with Crippen molar-refractivity contribution in [2.45, 2.75) is 32.9 Å². The van der Waals surface area contributed by atoms with Crippen molar-refractivity contribution in [1.82, 2.24) is 10.2 Å². The van der Waals surface area contributed by atoms with Crippen LogP contribution in [0.25, 0.3) is 10.8 Å². The van der Waals surface area contributed by atoms with Crippen LogP contribution >= 0.6 is 0 Å². The van der Waals surface area contributed by atoms with E-state index in [-0.39, 0.29) is 11.8 Å². The minimum absolute atomic E-state index is 0.0766. The van der Waals surface area contributed by atoms with Gasteiger partial charge in [0.05, 0.1) is 5.92 Å². The van der Waals surface area contributed by atoms with Crippen molar-refractivity contribution in [1.29, 1.82) is 0 Å². The van der Waals surface area contributed by atoms with E-state index in [9.17, 15) is 4.79 Å². The predicted molar refractivity (Wildman–Crippen MR) is 115 cm³/mol. The fourth-order valence-electron chi connectivity index (χ4n) is 4.22. The van der Waals surface area contributed by atoms with Crippen LogP contribution in [0, 0.1) is 12.8 Å². The molecule has 1 aliphatic heterocycles. The minimum atomic E-state index is 0.0766. The number of hydrogen-bond donors (Lipinski definition) is 1. The van der Waals surface area contributed by atoms with E-state index in [0.29, 0.717) is 6.54 Å². The first-order valence-corrected chi connectivity index (χ1v) is 10.2. The van der Waals surface area contributed by atoms with Gasteiger partial charge >= 0.3 is 0 Å². The zero-order chi connectivity index (χ0) is 19.3. The topological polar surface area (TPSA) is 32.3 Å². The molecule has 4 rings (SSSR count). The maximum Gasteiger partial charge on any atom is 0.224 e. The molecule has 144 valence electrons. The fourth-order valence-corrected chi connectivity index (χ4v) is 4.22. The number of nitrogens with one attached hydrogen (secondary N) is 1. The summed E-state index contributed by atoms with van der Waals surface area (Å²) in [6.45, 7) is 5.51. The van der Waals surface area contributed by atoms with E-state index in [1.807, 2.05) is 12.1 Å². The van der Waals surface area contributed by atoms with E-state index < -0.39 is 0 Å². The lowest BCUT2D eigenvalue weighted by Gasteiger charge is -2.32. The van der Waals surface area contributed by atoms with Crippen LogP contribution in [0.3, 0.4) is 0 Å². The Morgan fingerprint density at radius 1 is 1.00 bits per heavy atom. The lowest BCUT2D eigenvalue weighted by molar-refractivity contribution is -0.126. The second-order valence-corrected chi connectivity index (χ2v) is 7.86. The molecule has 3 heteroatoms. The first kappa shape index (κ1) is 18.7. The lowest BCUT2D eigenvalue weighted by Crippen LogP contribution is -2.42. The SMILES string of the molecule is Cc1ccccc1CNC(=O)C1CCCN(Cc2cccc3ccccc23)C1. The van der Waals surface area contributed by atoms with Crippen LogP contribution in [-0.2, 0) is 17.9 Å². The Morgan fingerprint density at radius 3 is 2.64 bits per heavy atom. The van der Waals surface area contributed by atoms with Gasteiger partial charge in [-0.05, 0) is 53.8 Å². The normalized spacial score (nSPS) is 17.5. The number of rotatable bonds is 5. The standard InChI is InChI=1S/C25H28N2O/c1-19-8-2-3-10-21(19)16-26-25(28)23-13-7-15-27(18-23)17-22-12-6-11-20-9-4-5-14-24(20)22/h2-6,8-12,14,23H,7,13,15-18H2,1H3,(H,26,28). The van der Waals surface area contributed by atoms with Crippen LogP contribution in [0.1, 0.15) is 29.5 Å². The molecule has 0 aromatic heterocycles. The maximum atomic E-state index is 12.8. The van der Waals surface area contributed by atoms with Gasteiger partial charge < -0.3 is 5.32 Å². The van der Waals surface area contributed by atoms with Crippen molar-refractivity contribution in [3.05, 3.63) is 83.4 Å². The Labute approximate surface area is 167 Å². The molecule has 1 aliphatic rings. The third kappa shape index (κ3) is 4.26. The fraction of sp³-hybridized carbons (Fsp3) is 0.320. The average molecular weight is 373 g/mol. The number of aryl methyl sites for hydroxylation is 1. The number of benzene rings is 3. The first-order valence-electron chi connectivity index (χ1n) is 10.2. The van der Waals surface area contributed by atoms with Gasteiger partial charge in [0.1, 0.15) is 0 Å². The highest BCUT2D eigenvalue weighted by atomic mass is 16.1. The van der Waals surface area contributed by atoms with Gasteiger partial charge in [0, 0.05) is 19.6 Å². The molecule has 0 spiro atoms. The Hall–Kier alpha value is -2.65. The Bertz CT molecular complexity index is 960. The largest absolute Gasteiger partial charge is 0.352 e. The molecule has 3 aromatic rings. The van der Waals surface area contributed by atoms with Crippen molar-refractivity contribution in [2.75, 3.05) is 13.1 Å². The van der Waals surface area contributed by atoms with E-state index in [4.69, 9.17) is 0 Å². The van der Waals surface area contributed by atoms with Crippen LogP contribution in [-0.4, -0.2) is 23.9 Å². The number of hydrogen-bond acceptors (Lipinski definition) is 2. The predicted octanol–water partition coefficient (Wildman–Crippen LogP) is 4.68. The Kier molecular flexibility index (Phi) is 5.73. The second kappa shape index (κ2) is 8.57. The van der Waals surface area contributed by atoms with E-state index in [1.54, 1.807) is 0 Å². The second-order valence-electron chi connectivity index (χ2n) is 7.86. The molecular weight excluding hydrogens is 344 g/mol. The van der Waals surface area contributed by atoms with Crippen LogP contribution < -0.4 is 5.32 Å². The van der Waals surface area contributed by atoms with Crippen LogP contribution in [0.2, 0.25) is 0 Å². The van der Waals surface area contributed by atoms with Crippen molar-refractivity contribution >= 4 is 16.7 Å². The smallest absolute Gasteiger partial charge is 0.224 e. The molecule has 0 aliphatic carbocycles. The zero-order valence-corrected chi connectivity index (χ0v) is 16.5. The summed E-state index contributed by atoms with van der Waals surface area (Å²) >= 11 is 0. The van der Waals surface area contributed by atoms with E-state index in [0.717, 1.165) is 32.5 Å². The summed E-state index contributed by atoms with van der Waals surface area (Å²) in [4.78, 5) is 15.2. The molecule has 3 nitrogen and oxygen atoms in total. The quantitative estimate of drug-likeness (QED) is 0.705. The van der Waals surface area contributed by atoms with Gasteiger partial charge in [-0.1, -0.05) is 66.7 Å². The summed E-state index contributed by atoms with van der Waals surface area (Å²) in [5.41, 5.74) is 3.77. The van der Waals surface area contributed by atoms with Gasteiger partial charge in [-0.15, -0.1) is 0 Å². The molecule has 1 amide bonds. The van der Waals surface area contributed by atoms with E-state index in [2.05, 4.69) is 71.7 Å². The molecule has 0 saturated carbocycles. The Morgan fingerprint density at radius 2 is 1.75 bits per heavy atom. The van der Waals surface area contributed by atoms with Gasteiger partial charge in [-0.25, -0.2) is 0 Å². The average Bonchev–Trinajstić information content (AvgIpc) is 2.73. The highest BCUT2D eigenvalue weighted by Gasteiger charge is 2.25. The van der Waals surface area contributed by atoms with E-state index in [1.165, 1.54) is 27.5 Å². The number of likely N-dealkylation sites (tertiary alicyclic amines) is 1. The van der Waals surface area contributed by atoms with Gasteiger partial charge in [0.25, 0.3) is 0 Å². The number of piperidine rings is 1. The monoisotopic (exact) mass is 372 g/mol. The number of carbonyl (C=O) groups excluding carboxylic acids is 1. The summed E-state index contributed by atoms with van der Waals surface area (Å²) in [5.74, 6) is 0.263. The number of nitrogens with zero attached hydrogens (tertiary/aromatic N) is 1. The maximum absolute atomic E-state index is 12.8. The van der Waals surface area contributed by atoms with Crippen LogP contribution in [0.4, 0.5) is 0 Å². The number of carbonyl (C=O) groups is 1. The Balaban J connectivity index is 1.38. The molecule has 28 heavy (non-hydrogen) atoms. The summed E-state index contributed by atoms with van der Waals surface area (Å²) < 4.78 is 0. The highest BCUT2D eigenvalue weighted by molar-refractivity contribution is 5.85. The third-order valence-electron chi connectivity index (χ3n) is 5.86. The van der Waals surface area contributed by atoms with Crippen LogP contribution in [0.15, 0.2) is 66.7 Å². The van der Waals surface area contributed by atoms with Crippen molar-refractivity contribution in [2.24, 2.45) is 5.92 Å². The van der Waals surface area contributed by atoms with Crippen molar-refractivity contribution in [3.63, 3.8) is 0 Å². The molecule has 1 atom stereocenters. The molecule has 1 N–H and O–H groups in total. The molecule has 1 heterocycles. The molecule has 3 aromatic carbocycles. The summed E-state index contributed by atoms with van der Waals surface area (Å²) in [7, 11) is 0. The molecule has 0 bridgehead atoms. The zero-order valence-electron chi connectivity index (χ0n) is 16.5. The molecule has 1 saturated heterocycles. The number of fused-ring (bicyclic) bond motifs is 1. The highest BCUT2D eigenvalue weighted by Crippen LogP contribution is 2.23.